The van der Waals surface area contributed by atoms with E-state index in [1.54, 1.807) is 0 Å². The third kappa shape index (κ3) is 6.41. The molecule has 0 aromatic carbocycles. The zero-order valence-electron chi connectivity index (χ0n) is 6.26. The van der Waals surface area contributed by atoms with Crippen molar-refractivity contribution in [3.05, 3.63) is 0 Å². The fraction of sp³-hybridized carbons (Fsp3) is 1.00. The van der Waals surface area contributed by atoms with Crippen LogP contribution in [0.25, 0.3) is 0 Å². The number of hydrogen-bond donors (Lipinski definition) is 1. The Morgan fingerprint density at radius 3 is 2.67 bits per heavy atom. The second-order valence-corrected chi connectivity index (χ2v) is 5.11. The van der Waals surface area contributed by atoms with E-state index in [0.717, 1.165) is 12.4 Å². The van der Waals surface area contributed by atoms with E-state index >= 15 is 0 Å². The Balaban J connectivity index is 2.95. The average molecular weight is 164 g/mol. The van der Waals surface area contributed by atoms with Crippen LogP contribution in [0.2, 0.25) is 12.6 Å². The van der Waals surface area contributed by atoms with Crippen molar-refractivity contribution in [2.75, 3.05) is 12.4 Å². The van der Waals surface area contributed by atoms with E-state index in [4.69, 9.17) is 4.43 Å². The Hall–Kier alpha value is 0.527. The molecule has 0 saturated heterocycles. The Bertz CT molecular complexity index is 61.0. The molecule has 0 saturated carbocycles. The van der Waals surface area contributed by atoms with Crippen molar-refractivity contribution in [1.82, 2.24) is 0 Å². The van der Waals surface area contributed by atoms with Crippen molar-refractivity contribution < 1.29 is 4.43 Å². The lowest BCUT2D eigenvalue weighted by Gasteiger charge is -2.07. The number of hydrogen-bond acceptors (Lipinski definition) is 2. The predicted molar refractivity (Wildman–Crippen MR) is 47.9 cm³/mol. The van der Waals surface area contributed by atoms with E-state index in [2.05, 4.69) is 26.1 Å². The monoisotopic (exact) mass is 164 g/mol. The van der Waals surface area contributed by atoms with E-state index in [9.17, 15) is 0 Å². The smallest absolute Gasteiger partial charge is 0.173 e. The lowest BCUT2D eigenvalue weighted by Crippen LogP contribution is -2.12. The van der Waals surface area contributed by atoms with Crippen LogP contribution in [0.4, 0.5) is 0 Å². The molecule has 0 fully saturated rings. The molecule has 0 heterocycles. The Morgan fingerprint density at radius 2 is 2.22 bits per heavy atom. The maximum atomic E-state index is 5.45. The van der Waals surface area contributed by atoms with E-state index in [1.807, 2.05) is 0 Å². The van der Waals surface area contributed by atoms with E-state index < -0.39 is 9.04 Å². The number of thiol groups is 1. The van der Waals surface area contributed by atoms with Crippen LogP contribution in [0, 0.1) is 0 Å². The average Bonchev–Trinajstić information content (AvgIpc) is 1.85. The number of rotatable bonds is 5. The van der Waals surface area contributed by atoms with Gasteiger partial charge in [-0.25, -0.2) is 0 Å². The maximum absolute atomic E-state index is 5.45. The van der Waals surface area contributed by atoms with Gasteiger partial charge in [0.25, 0.3) is 0 Å². The predicted octanol–water partition coefficient (Wildman–Crippen LogP) is 1.70. The minimum absolute atomic E-state index is 0.769. The SMILES string of the molecule is CCO[Si@H](C)CCCS. The van der Waals surface area contributed by atoms with Gasteiger partial charge in [0.15, 0.2) is 9.04 Å². The first-order chi connectivity index (χ1) is 4.31. The minimum atomic E-state index is -0.769. The molecule has 9 heavy (non-hydrogen) atoms. The zero-order valence-corrected chi connectivity index (χ0v) is 8.31. The largest absolute Gasteiger partial charge is 0.421 e. The van der Waals surface area contributed by atoms with Crippen molar-refractivity contribution in [3.63, 3.8) is 0 Å². The summed E-state index contributed by atoms with van der Waals surface area (Å²) in [5.41, 5.74) is 0. The topological polar surface area (TPSA) is 9.23 Å². The third-order valence-electron chi connectivity index (χ3n) is 1.22. The first kappa shape index (κ1) is 9.53. The van der Waals surface area contributed by atoms with Crippen LogP contribution in [0.5, 0.6) is 0 Å². The molecule has 0 aliphatic carbocycles. The maximum Gasteiger partial charge on any atom is 0.173 e. The van der Waals surface area contributed by atoms with Crippen molar-refractivity contribution in [2.45, 2.75) is 25.9 Å². The lowest BCUT2D eigenvalue weighted by molar-refractivity contribution is 0.345. The van der Waals surface area contributed by atoms with Gasteiger partial charge in [-0.1, -0.05) is 0 Å². The van der Waals surface area contributed by atoms with Crippen LogP contribution in [-0.2, 0) is 4.43 Å². The molecule has 0 N–H and O–H groups in total. The summed E-state index contributed by atoms with van der Waals surface area (Å²) in [4.78, 5) is 0. The van der Waals surface area contributed by atoms with Crippen molar-refractivity contribution in [2.24, 2.45) is 0 Å². The van der Waals surface area contributed by atoms with Gasteiger partial charge in [0, 0.05) is 6.61 Å². The summed E-state index contributed by atoms with van der Waals surface area (Å²) < 4.78 is 5.45. The molecular weight excluding hydrogens is 148 g/mol. The van der Waals surface area contributed by atoms with E-state index in [0.29, 0.717) is 0 Å². The Kier molecular flexibility index (Phi) is 7.03. The van der Waals surface area contributed by atoms with Gasteiger partial charge in [-0.3, -0.25) is 0 Å². The summed E-state index contributed by atoms with van der Waals surface area (Å²) in [5, 5.41) is 0. The van der Waals surface area contributed by atoms with Crippen LogP contribution >= 0.6 is 12.6 Å². The van der Waals surface area contributed by atoms with Crippen molar-refractivity contribution in [3.8, 4) is 0 Å². The molecule has 0 spiro atoms. The molecule has 56 valence electrons. The molecule has 0 bridgehead atoms. The molecule has 0 radical (unpaired) electrons. The molecular formula is C6H16OSSi. The highest BCUT2D eigenvalue weighted by Gasteiger charge is 2.00. The molecule has 0 amide bonds. The fourth-order valence-corrected chi connectivity index (χ4v) is 2.79. The Morgan fingerprint density at radius 1 is 1.56 bits per heavy atom. The van der Waals surface area contributed by atoms with Gasteiger partial charge in [-0.05, 0) is 31.7 Å². The first-order valence-electron chi connectivity index (χ1n) is 3.53. The molecule has 3 heteroatoms. The van der Waals surface area contributed by atoms with Gasteiger partial charge in [0.05, 0.1) is 0 Å². The summed E-state index contributed by atoms with van der Waals surface area (Å²) in [5.74, 6) is 1.00. The van der Waals surface area contributed by atoms with E-state index in [1.165, 1.54) is 12.5 Å². The highest BCUT2D eigenvalue weighted by Crippen LogP contribution is 1.99. The molecule has 1 atom stereocenters. The Labute approximate surface area is 64.9 Å². The fourth-order valence-electron chi connectivity index (χ4n) is 0.747. The van der Waals surface area contributed by atoms with Crippen LogP contribution in [0.1, 0.15) is 13.3 Å². The molecule has 0 unspecified atom stereocenters. The molecule has 0 aromatic heterocycles. The quantitative estimate of drug-likeness (QED) is 0.481. The van der Waals surface area contributed by atoms with E-state index in [-0.39, 0.29) is 0 Å². The normalized spacial score (nSPS) is 13.7. The van der Waals surface area contributed by atoms with Gasteiger partial charge < -0.3 is 4.43 Å². The summed E-state index contributed by atoms with van der Waals surface area (Å²) in [6.07, 6.45) is 1.22. The summed E-state index contributed by atoms with van der Waals surface area (Å²) in [6.45, 7) is 5.19. The standard InChI is InChI=1S/C6H16OSSi/c1-3-7-9(2)6-4-5-8/h8-9H,3-6H2,1-2H3/t9-/m1/s1. The molecule has 1 nitrogen and oxygen atoms in total. The highest BCUT2D eigenvalue weighted by molar-refractivity contribution is 7.80. The second kappa shape index (κ2) is 6.64. The summed E-state index contributed by atoms with van der Waals surface area (Å²) in [7, 11) is -0.769. The van der Waals surface area contributed by atoms with Crippen LogP contribution in [0.15, 0.2) is 0 Å². The van der Waals surface area contributed by atoms with Gasteiger partial charge in [0.2, 0.25) is 0 Å². The highest BCUT2D eigenvalue weighted by atomic mass is 32.1. The van der Waals surface area contributed by atoms with Gasteiger partial charge in [-0.15, -0.1) is 0 Å². The summed E-state index contributed by atoms with van der Waals surface area (Å²) in [6, 6.07) is 1.28. The third-order valence-corrected chi connectivity index (χ3v) is 3.66. The molecule has 0 aliphatic heterocycles. The van der Waals surface area contributed by atoms with Crippen molar-refractivity contribution >= 4 is 21.7 Å². The van der Waals surface area contributed by atoms with Crippen LogP contribution < -0.4 is 0 Å². The molecule has 0 aliphatic rings. The first-order valence-corrected chi connectivity index (χ1v) is 6.61. The van der Waals surface area contributed by atoms with Crippen molar-refractivity contribution in [1.29, 1.82) is 0 Å². The van der Waals surface area contributed by atoms with Crippen LogP contribution in [-0.4, -0.2) is 21.4 Å². The zero-order chi connectivity index (χ0) is 7.11. The molecule has 0 rings (SSSR count). The lowest BCUT2D eigenvalue weighted by atomic mass is 10.6. The van der Waals surface area contributed by atoms with Crippen LogP contribution in [0.3, 0.4) is 0 Å². The van der Waals surface area contributed by atoms with Gasteiger partial charge in [-0.2, -0.15) is 12.6 Å². The second-order valence-electron chi connectivity index (χ2n) is 2.13. The van der Waals surface area contributed by atoms with Gasteiger partial charge >= 0.3 is 0 Å². The molecule has 0 aromatic rings. The minimum Gasteiger partial charge on any atom is -0.421 e. The van der Waals surface area contributed by atoms with Gasteiger partial charge in [0.1, 0.15) is 0 Å². The summed E-state index contributed by atoms with van der Waals surface area (Å²) >= 11 is 4.13.